The predicted octanol–water partition coefficient (Wildman–Crippen LogP) is 1.26. The van der Waals surface area contributed by atoms with Crippen molar-refractivity contribution in [1.29, 1.82) is 0 Å². The zero-order valence-corrected chi connectivity index (χ0v) is 10.3. The van der Waals surface area contributed by atoms with Gasteiger partial charge in [0.1, 0.15) is 11.9 Å². The minimum Gasteiger partial charge on any atom is -0.464 e. The summed E-state index contributed by atoms with van der Waals surface area (Å²) in [6.07, 6.45) is -1.68. The van der Waals surface area contributed by atoms with E-state index in [4.69, 9.17) is 0 Å². The van der Waals surface area contributed by atoms with E-state index in [-0.39, 0.29) is 6.61 Å². The van der Waals surface area contributed by atoms with Gasteiger partial charge < -0.3 is 19.9 Å². The van der Waals surface area contributed by atoms with E-state index in [1.54, 1.807) is 6.92 Å². The molecule has 2 unspecified atom stereocenters. The van der Waals surface area contributed by atoms with E-state index >= 15 is 0 Å². The summed E-state index contributed by atoms with van der Waals surface area (Å²) < 4.78 is 17.7. The number of H-pyrrole nitrogens is 1. The van der Waals surface area contributed by atoms with Gasteiger partial charge in [-0.25, -0.2) is 9.18 Å². The van der Waals surface area contributed by atoms with Gasteiger partial charge >= 0.3 is 5.97 Å². The van der Waals surface area contributed by atoms with Crippen molar-refractivity contribution >= 4 is 16.9 Å². The van der Waals surface area contributed by atoms with Gasteiger partial charge in [-0.3, -0.25) is 0 Å². The van der Waals surface area contributed by atoms with Crippen LogP contribution in [0.1, 0.15) is 18.6 Å². The molecule has 19 heavy (non-hydrogen) atoms. The van der Waals surface area contributed by atoms with Crippen LogP contribution < -0.4 is 0 Å². The Morgan fingerprint density at radius 2 is 2.21 bits per heavy atom. The molecule has 0 radical (unpaired) electrons. The Labute approximate surface area is 108 Å². The van der Waals surface area contributed by atoms with Gasteiger partial charge in [0.05, 0.1) is 6.61 Å². The summed E-state index contributed by atoms with van der Waals surface area (Å²) in [4.78, 5) is 14.1. The lowest BCUT2D eigenvalue weighted by Crippen LogP contribution is -2.29. The van der Waals surface area contributed by atoms with E-state index in [2.05, 4.69) is 9.72 Å². The zero-order valence-electron chi connectivity index (χ0n) is 10.3. The second kappa shape index (κ2) is 5.38. The van der Waals surface area contributed by atoms with Crippen LogP contribution in [0.3, 0.4) is 0 Å². The maximum Gasteiger partial charge on any atom is 0.338 e. The van der Waals surface area contributed by atoms with Crippen molar-refractivity contribution in [2.45, 2.75) is 19.1 Å². The van der Waals surface area contributed by atoms with Crippen molar-refractivity contribution in [2.24, 2.45) is 0 Å². The first-order valence-electron chi connectivity index (χ1n) is 5.84. The Hall–Kier alpha value is -1.92. The van der Waals surface area contributed by atoms with Gasteiger partial charge in [-0.15, -0.1) is 0 Å². The van der Waals surface area contributed by atoms with Crippen molar-refractivity contribution in [2.75, 3.05) is 6.61 Å². The van der Waals surface area contributed by atoms with Crippen LogP contribution in [0.15, 0.2) is 24.4 Å². The van der Waals surface area contributed by atoms with Gasteiger partial charge in [0.15, 0.2) is 6.10 Å². The van der Waals surface area contributed by atoms with E-state index in [1.807, 2.05) is 0 Å². The Balaban J connectivity index is 2.31. The number of hydrogen-bond donors (Lipinski definition) is 3. The lowest BCUT2D eigenvalue weighted by Gasteiger charge is -2.15. The van der Waals surface area contributed by atoms with Crippen molar-refractivity contribution in [1.82, 2.24) is 4.98 Å². The number of esters is 1. The van der Waals surface area contributed by atoms with Gasteiger partial charge in [0.25, 0.3) is 0 Å². The SMILES string of the molecule is CCOC(=O)C(O)C(O)c1c[nH]c2cc(F)ccc12. The Bertz CT molecular complexity index is 595. The number of ether oxygens (including phenoxy) is 1. The molecule has 0 aliphatic heterocycles. The van der Waals surface area contributed by atoms with E-state index < -0.39 is 24.0 Å². The number of aliphatic hydroxyl groups is 2. The number of nitrogens with one attached hydrogen (secondary N) is 1. The van der Waals surface area contributed by atoms with Crippen LogP contribution in [-0.2, 0) is 9.53 Å². The molecule has 102 valence electrons. The molecule has 5 nitrogen and oxygen atoms in total. The lowest BCUT2D eigenvalue weighted by molar-refractivity contribution is -0.159. The lowest BCUT2D eigenvalue weighted by atomic mass is 10.0. The van der Waals surface area contributed by atoms with Gasteiger partial charge in [0, 0.05) is 22.7 Å². The number of halogens is 1. The maximum atomic E-state index is 13.0. The molecule has 0 amide bonds. The molecule has 2 aromatic rings. The minimum absolute atomic E-state index is 0.113. The molecule has 0 aliphatic rings. The highest BCUT2D eigenvalue weighted by Gasteiger charge is 2.28. The molecule has 1 aromatic heterocycles. The summed E-state index contributed by atoms with van der Waals surface area (Å²) >= 11 is 0. The largest absolute Gasteiger partial charge is 0.464 e. The third-order valence-electron chi connectivity index (χ3n) is 2.82. The van der Waals surface area contributed by atoms with Crippen LogP contribution in [-0.4, -0.2) is 33.9 Å². The third kappa shape index (κ3) is 2.59. The smallest absolute Gasteiger partial charge is 0.338 e. The number of hydrogen-bond acceptors (Lipinski definition) is 4. The normalized spacial score (nSPS) is 14.3. The highest BCUT2D eigenvalue weighted by molar-refractivity contribution is 5.85. The fraction of sp³-hybridized carbons (Fsp3) is 0.308. The standard InChI is InChI=1S/C13H14FNO4/c1-2-19-13(18)12(17)11(16)9-6-15-10-5-7(14)3-4-8(9)10/h3-6,11-12,15-17H,2H2,1H3. The molecule has 2 rings (SSSR count). The molecule has 0 saturated heterocycles. The summed E-state index contributed by atoms with van der Waals surface area (Å²) in [7, 11) is 0. The van der Waals surface area contributed by atoms with Gasteiger partial charge in [-0.2, -0.15) is 0 Å². The molecule has 0 spiro atoms. The van der Waals surface area contributed by atoms with Crippen molar-refractivity contribution < 1.29 is 24.1 Å². The Morgan fingerprint density at radius 3 is 2.89 bits per heavy atom. The van der Waals surface area contributed by atoms with Crippen LogP contribution in [0.5, 0.6) is 0 Å². The average Bonchev–Trinajstić information content (AvgIpc) is 2.80. The molecule has 0 aliphatic carbocycles. The summed E-state index contributed by atoms with van der Waals surface area (Å²) in [6.45, 7) is 1.72. The quantitative estimate of drug-likeness (QED) is 0.728. The molecule has 0 fully saturated rings. The summed E-state index contributed by atoms with van der Waals surface area (Å²) in [6, 6.07) is 3.98. The fourth-order valence-corrected chi connectivity index (χ4v) is 1.89. The molecule has 6 heteroatoms. The van der Waals surface area contributed by atoms with Crippen molar-refractivity contribution in [3.63, 3.8) is 0 Å². The van der Waals surface area contributed by atoms with E-state index in [9.17, 15) is 19.4 Å². The second-order valence-corrected chi connectivity index (χ2v) is 4.08. The number of carbonyl (C=O) groups is 1. The highest BCUT2D eigenvalue weighted by Crippen LogP contribution is 2.27. The molecular weight excluding hydrogens is 253 g/mol. The van der Waals surface area contributed by atoms with Crippen LogP contribution in [0.25, 0.3) is 10.9 Å². The molecule has 1 heterocycles. The molecule has 3 N–H and O–H groups in total. The predicted molar refractivity (Wildman–Crippen MR) is 65.9 cm³/mol. The zero-order chi connectivity index (χ0) is 14.0. The monoisotopic (exact) mass is 267 g/mol. The molecule has 2 atom stereocenters. The van der Waals surface area contributed by atoms with Crippen LogP contribution in [0.2, 0.25) is 0 Å². The van der Waals surface area contributed by atoms with Gasteiger partial charge in [-0.1, -0.05) is 0 Å². The number of aliphatic hydroxyl groups excluding tert-OH is 2. The Kier molecular flexibility index (Phi) is 3.82. The Morgan fingerprint density at radius 1 is 1.47 bits per heavy atom. The van der Waals surface area contributed by atoms with E-state index in [1.165, 1.54) is 24.4 Å². The first-order valence-corrected chi connectivity index (χ1v) is 5.84. The molecule has 0 bridgehead atoms. The van der Waals surface area contributed by atoms with E-state index in [0.717, 1.165) is 0 Å². The summed E-state index contributed by atoms with van der Waals surface area (Å²) in [5, 5.41) is 20.2. The van der Waals surface area contributed by atoms with E-state index in [0.29, 0.717) is 16.5 Å². The first kappa shape index (κ1) is 13.5. The number of aromatic amines is 1. The summed E-state index contributed by atoms with van der Waals surface area (Å²) in [5.74, 6) is -1.31. The fourth-order valence-electron chi connectivity index (χ4n) is 1.89. The van der Waals surface area contributed by atoms with Crippen molar-refractivity contribution in [3.05, 3.63) is 35.8 Å². The number of aromatic nitrogens is 1. The first-order chi connectivity index (χ1) is 9.04. The average molecular weight is 267 g/mol. The number of fused-ring (bicyclic) bond motifs is 1. The highest BCUT2D eigenvalue weighted by atomic mass is 19.1. The number of rotatable bonds is 4. The van der Waals surface area contributed by atoms with Crippen molar-refractivity contribution in [3.8, 4) is 0 Å². The van der Waals surface area contributed by atoms with Crippen LogP contribution in [0.4, 0.5) is 4.39 Å². The number of carbonyl (C=O) groups excluding carboxylic acids is 1. The topological polar surface area (TPSA) is 82.6 Å². The molecular formula is C13H14FNO4. The molecule has 1 aromatic carbocycles. The van der Waals surface area contributed by atoms with Gasteiger partial charge in [-0.05, 0) is 25.1 Å². The summed E-state index contributed by atoms with van der Waals surface area (Å²) in [5.41, 5.74) is 0.792. The minimum atomic E-state index is -1.68. The number of benzene rings is 1. The molecule has 0 saturated carbocycles. The maximum absolute atomic E-state index is 13.0. The van der Waals surface area contributed by atoms with Gasteiger partial charge in [0.2, 0.25) is 0 Å². The second-order valence-electron chi connectivity index (χ2n) is 4.08. The van der Waals surface area contributed by atoms with Crippen LogP contribution in [0, 0.1) is 5.82 Å². The third-order valence-corrected chi connectivity index (χ3v) is 2.82. The van der Waals surface area contributed by atoms with Crippen LogP contribution >= 0.6 is 0 Å².